The molecule has 0 saturated carbocycles. The van der Waals surface area contributed by atoms with E-state index >= 15 is 0 Å². The van der Waals surface area contributed by atoms with E-state index in [4.69, 9.17) is 20.9 Å². The Hall–Kier alpha value is -3.16. The van der Waals surface area contributed by atoms with Crippen LogP contribution >= 0.6 is 11.6 Å². The van der Waals surface area contributed by atoms with E-state index in [0.29, 0.717) is 36.4 Å². The first-order chi connectivity index (χ1) is 15.1. The first kappa shape index (κ1) is 21.1. The summed E-state index contributed by atoms with van der Waals surface area (Å²) >= 11 is 5.92. The number of carbonyl (C=O) groups is 1. The monoisotopic (exact) mass is 438 g/mol. The second-order valence-corrected chi connectivity index (χ2v) is 7.63. The molecule has 1 fully saturated rings. The fourth-order valence-electron chi connectivity index (χ4n) is 3.42. The maximum atomic E-state index is 12.5. The van der Waals surface area contributed by atoms with Gasteiger partial charge in [0.25, 0.3) is 0 Å². The SMILES string of the molecule is COc1ccccc1C=CC(=O)N1CCN(Cc2nc(-c3ccc(Cl)cc3)no2)CC1. The number of benzene rings is 2. The van der Waals surface area contributed by atoms with Crippen molar-refractivity contribution in [3.8, 4) is 17.1 Å². The highest BCUT2D eigenvalue weighted by molar-refractivity contribution is 6.30. The third-order valence-corrected chi connectivity index (χ3v) is 5.41. The van der Waals surface area contributed by atoms with Gasteiger partial charge in [0.2, 0.25) is 17.6 Å². The third kappa shape index (κ3) is 5.31. The first-order valence-electron chi connectivity index (χ1n) is 10.0. The Morgan fingerprint density at radius 1 is 1.13 bits per heavy atom. The summed E-state index contributed by atoms with van der Waals surface area (Å²) in [4.78, 5) is 21.1. The van der Waals surface area contributed by atoms with Crippen molar-refractivity contribution in [1.29, 1.82) is 0 Å². The molecule has 4 rings (SSSR count). The molecule has 0 unspecified atom stereocenters. The minimum atomic E-state index is -0.00614. The Labute approximate surface area is 185 Å². The van der Waals surface area contributed by atoms with E-state index in [2.05, 4.69) is 15.0 Å². The number of carbonyl (C=O) groups excluding carboxylic acids is 1. The number of amides is 1. The lowest BCUT2D eigenvalue weighted by Crippen LogP contribution is -2.47. The van der Waals surface area contributed by atoms with Crippen LogP contribution in [-0.2, 0) is 11.3 Å². The van der Waals surface area contributed by atoms with E-state index in [0.717, 1.165) is 30.0 Å². The Morgan fingerprint density at radius 2 is 1.87 bits per heavy atom. The van der Waals surface area contributed by atoms with Crippen LogP contribution in [0.1, 0.15) is 11.5 Å². The van der Waals surface area contributed by atoms with Gasteiger partial charge in [-0.15, -0.1) is 0 Å². The summed E-state index contributed by atoms with van der Waals surface area (Å²) in [5.74, 6) is 1.84. The van der Waals surface area contributed by atoms with E-state index in [1.165, 1.54) is 0 Å². The number of halogens is 1. The quantitative estimate of drug-likeness (QED) is 0.546. The molecule has 2 aromatic carbocycles. The normalized spacial score (nSPS) is 14.8. The molecule has 1 aromatic heterocycles. The van der Waals surface area contributed by atoms with Crippen molar-refractivity contribution in [3.63, 3.8) is 0 Å². The van der Waals surface area contributed by atoms with Crippen LogP contribution < -0.4 is 4.74 Å². The van der Waals surface area contributed by atoms with Gasteiger partial charge in [-0.1, -0.05) is 35.0 Å². The average Bonchev–Trinajstić information content (AvgIpc) is 3.27. The van der Waals surface area contributed by atoms with E-state index in [-0.39, 0.29) is 5.91 Å². The molecular formula is C23H23ClN4O3. The fourth-order valence-corrected chi connectivity index (χ4v) is 3.55. The van der Waals surface area contributed by atoms with Crippen LogP contribution in [0.3, 0.4) is 0 Å². The minimum absolute atomic E-state index is 0.00614. The van der Waals surface area contributed by atoms with Crippen LogP contribution in [0.5, 0.6) is 5.75 Å². The second-order valence-electron chi connectivity index (χ2n) is 7.20. The maximum absolute atomic E-state index is 12.5. The van der Waals surface area contributed by atoms with Crippen LogP contribution in [-0.4, -0.2) is 59.1 Å². The molecule has 1 saturated heterocycles. The Bertz CT molecular complexity index is 1060. The molecule has 0 radical (unpaired) electrons. The van der Waals surface area contributed by atoms with E-state index in [9.17, 15) is 4.79 Å². The molecule has 8 heteroatoms. The van der Waals surface area contributed by atoms with Crippen molar-refractivity contribution in [2.75, 3.05) is 33.3 Å². The van der Waals surface area contributed by atoms with E-state index in [1.54, 1.807) is 31.4 Å². The van der Waals surface area contributed by atoms with Gasteiger partial charge < -0.3 is 14.2 Å². The van der Waals surface area contributed by atoms with Crippen molar-refractivity contribution >= 4 is 23.6 Å². The Kier molecular flexibility index (Phi) is 6.64. The molecule has 0 aliphatic carbocycles. The lowest BCUT2D eigenvalue weighted by atomic mass is 10.2. The van der Waals surface area contributed by atoms with E-state index < -0.39 is 0 Å². The Morgan fingerprint density at radius 3 is 2.61 bits per heavy atom. The number of nitrogens with zero attached hydrogens (tertiary/aromatic N) is 4. The predicted molar refractivity (Wildman–Crippen MR) is 119 cm³/mol. The van der Waals surface area contributed by atoms with Gasteiger partial charge in [-0.2, -0.15) is 4.98 Å². The van der Waals surface area contributed by atoms with Gasteiger partial charge in [-0.05, 0) is 36.4 Å². The summed E-state index contributed by atoms with van der Waals surface area (Å²) < 4.78 is 10.7. The van der Waals surface area contributed by atoms with E-state index in [1.807, 2.05) is 41.3 Å². The van der Waals surface area contributed by atoms with Crippen molar-refractivity contribution in [2.45, 2.75) is 6.54 Å². The van der Waals surface area contributed by atoms with Crippen molar-refractivity contribution in [1.82, 2.24) is 19.9 Å². The van der Waals surface area contributed by atoms with Crippen molar-refractivity contribution in [2.24, 2.45) is 0 Å². The van der Waals surface area contributed by atoms with Crippen molar-refractivity contribution < 1.29 is 14.1 Å². The number of rotatable bonds is 6. The molecular weight excluding hydrogens is 416 g/mol. The maximum Gasteiger partial charge on any atom is 0.246 e. The number of piperazine rings is 1. The number of para-hydroxylation sites is 1. The zero-order valence-electron chi connectivity index (χ0n) is 17.2. The molecule has 1 aliphatic rings. The largest absolute Gasteiger partial charge is 0.496 e. The third-order valence-electron chi connectivity index (χ3n) is 5.16. The molecule has 3 aromatic rings. The summed E-state index contributed by atoms with van der Waals surface area (Å²) in [6.45, 7) is 3.33. The fraction of sp³-hybridized carbons (Fsp3) is 0.261. The molecule has 2 heterocycles. The zero-order chi connectivity index (χ0) is 21.6. The van der Waals surface area contributed by atoms with Gasteiger partial charge in [0.05, 0.1) is 13.7 Å². The number of ether oxygens (including phenoxy) is 1. The summed E-state index contributed by atoms with van der Waals surface area (Å²) in [7, 11) is 1.62. The number of methoxy groups -OCH3 is 1. The smallest absolute Gasteiger partial charge is 0.246 e. The molecule has 1 amide bonds. The topological polar surface area (TPSA) is 71.7 Å². The summed E-state index contributed by atoms with van der Waals surface area (Å²) in [5, 5.41) is 4.72. The summed E-state index contributed by atoms with van der Waals surface area (Å²) in [6.07, 6.45) is 3.40. The molecule has 0 atom stereocenters. The average molecular weight is 439 g/mol. The van der Waals surface area contributed by atoms with Gasteiger partial charge in [-0.3, -0.25) is 9.69 Å². The summed E-state index contributed by atoms with van der Waals surface area (Å²) in [5.41, 5.74) is 1.74. The lowest BCUT2D eigenvalue weighted by Gasteiger charge is -2.33. The zero-order valence-corrected chi connectivity index (χ0v) is 18.0. The molecule has 7 nitrogen and oxygen atoms in total. The molecule has 160 valence electrons. The van der Waals surface area contributed by atoms with Crippen LogP contribution in [0.4, 0.5) is 0 Å². The number of hydrogen-bond donors (Lipinski definition) is 0. The van der Waals surface area contributed by atoms with Gasteiger partial charge in [-0.25, -0.2) is 0 Å². The highest BCUT2D eigenvalue weighted by Crippen LogP contribution is 2.20. The standard InChI is InChI=1S/C23H23ClN4O3/c1-30-20-5-3-2-4-17(20)8-11-22(29)28-14-12-27(13-15-28)16-21-25-23(26-31-21)18-6-9-19(24)10-7-18/h2-11H,12-16H2,1H3. The van der Waals surface area contributed by atoms with Gasteiger partial charge in [0, 0.05) is 48.4 Å². The van der Waals surface area contributed by atoms with Crippen molar-refractivity contribution in [3.05, 3.63) is 71.1 Å². The predicted octanol–water partition coefficient (Wildman–Crippen LogP) is 3.76. The number of aromatic nitrogens is 2. The lowest BCUT2D eigenvalue weighted by molar-refractivity contribution is -0.127. The molecule has 0 N–H and O–H groups in total. The molecule has 0 spiro atoms. The molecule has 31 heavy (non-hydrogen) atoms. The second kappa shape index (κ2) is 9.76. The van der Waals surface area contributed by atoms with Crippen LogP contribution in [0.15, 0.2) is 59.1 Å². The van der Waals surface area contributed by atoms with Crippen LogP contribution in [0, 0.1) is 0 Å². The van der Waals surface area contributed by atoms with Gasteiger partial charge >= 0.3 is 0 Å². The van der Waals surface area contributed by atoms with Crippen LogP contribution in [0.2, 0.25) is 5.02 Å². The summed E-state index contributed by atoms with van der Waals surface area (Å²) in [6, 6.07) is 14.9. The van der Waals surface area contributed by atoms with Gasteiger partial charge in [0.15, 0.2) is 0 Å². The molecule has 1 aliphatic heterocycles. The highest BCUT2D eigenvalue weighted by atomic mass is 35.5. The van der Waals surface area contributed by atoms with Crippen LogP contribution in [0.25, 0.3) is 17.5 Å². The molecule has 0 bridgehead atoms. The minimum Gasteiger partial charge on any atom is -0.496 e. The number of hydrogen-bond acceptors (Lipinski definition) is 6. The highest BCUT2D eigenvalue weighted by Gasteiger charge is 2.21. The Balaban J connectivity index is 1.29. The van der Waals surface area contributed by atoms with Gasteiger partial charge in [0.1, 0.15) is 5.75 Å². The first-order valence-corrected chi connectivity index (χ1v) is 10.4.